The van der Waals surface area contributed by atoms with E-state index in [1.165, 1.54) is 5.56 Å². The van der Waals surface area contributed by atoms with Gasteiger partial charge in [-0.05, 0) is 49.1 Å². The van der Waals surface area contributed by atoms with Crippen molar-refractivity contribution in [1.29, 1.82) is 0 Å². The van der Waals surface area contributed by atoms with Gasteiger partial charge in [0.05, 0.1) is 19.3 Å². The number of esters is 1. The Kier molecular flexibility index (Phi) is 5.83. The van der Waals surface area contributed by atoms with Crippen LogP contribution in [0.15, 0.2) is 54.6 Å². The van der Waals surface area contributed by atoms with Crippen molar-refractivity contribution in [2.45, 2.75) is 19.3 Å². The lowest BCUT2D eigenvalue weighted by Gasteiger charge is -2.05. The third-order valence-corrected chi connectivity index (χ3v) is 3.26. The minimum atomic E-state index is -0.250. The van der Waals surface area contributed by atoms with Gasteiger partial charge in [-0.2, -0.15) is 0 Å². The van der Waals surface area contributed by atoms with E-state index in [0.717, 1.165) is 25.0 Å². The summed E-state index contributed by atoms with van der Waals surface area (Å²) in [7, 11) is 1.66. The van der Waals surface area contributed by atoms with Crippen LogP contribution in [0.5, 0.6) is 5.75 Å². The predicted octanol–water partition coefficient (Wildman–Crippen LogP) is 3.87. The fraction of sp³-hybridized carbons (Fsp3) is 0.278. The Morgan fingerprint density at radius 2 is 1.67 bits per heavy atom. The number of hydrogen-bond acceptors (Lipinski definition) is 3. The highest BCUT2D eigenvalue weighted by molar-refractivity contribution is 5.89. The molecule has 0 amide bonds. The molecule has 0 atom stereocenters. The molecule has 0 saturated carbocycles. The molecule has 21 heavy (non-hydrogen) atoms. The predicted molar refractivity (Wildman–Crippen MR) is 82.7 cm³/mol. The maximum atomic E-state index is 11.7. The molecule has 0 bridgehead atoms. The molecular weight excluding hydrogens is 264 g/mol. The van der Waals surface area contributed by atoms with Crippen LogP contribution in [0.2, 0.25) is 0 Å². The van der Waals surface area contributed by atoms with E-state index >= 15 is 0 Å². The fourth-order valence-electron chi connectivity index (χ4n) is 2.05. The monoisotopic (exact) mass is 284 g/mol. The summed E-state index contributed by atoms with van der Waals surface area (Å²) in [5.74, 6) is 0.621. The zero-order chi connectivity index (χ0) is 14.9. The smallest absolute Gasteiger partial charge is 0.338 e. The van der Waals surface area contributed by atoms with Crippen molar-refractivity contribution in [3.8, 4) is 5.75 Å². The van der Waals surface area contributed by atoms with Crippen LogP contribution in [0.25, 0.3) is 0 Å². The first-order valence-corrected chi connectivity index (χ1v) is 7.14. The second-order valence-electron chi connectivity index (χ2n) is 4.81. The lowest BCUT2D eigenvalue weighted by Crippen LogP contribution is -2.06. The molecule has 2 rings (SSSR count). The number of carbonyl (C=O) groups is 1. The highest BCUT2D eigenvalue weighted by Gasteiger charge is 2.05. The maximum absolute atomic E-state index is 11.7. The van der Waals surface area contributed by atoms with Crippen molar-refractivity contribution in [1.82, 2.24) is 0 Å². The van der Waals surface area contributed by atoms with Gasteiger partial charge < -0.3 is 9.47 Å². The molecule has 0 saturated heterocycles. The van der Waals surface area contributed by atoms with Crippen molar-refractivity contribution < 1.29 is 14.3 Å². The van der Waals surface area contributed by atoms with E-state index < -0.39 is 0 Å². The SMILES string of the molecule is COc1ccc(CCCCOC(=O)c2ccccc2)cc1. The van der Waals surface area contributed by atoms with Crippen LogP contribution in [-0.4, -0.2) is 19.7 Å². The van der Waals surface area contributed by atoms with E-state index in [1.54, 1.807) is 19.2 Å². The van der Waals surface area contributed by atoms with E-state index in [9.17, 15) is 4.79 Å². The van der Waals surface area contributed by atoms with Gasteiger partial charge in [0, 0.05) is 0 Å². The number of unbranched alkanes of at least 4 members (excludes halogenated alkanes) is 1. The molecule has 0 radical (unpaired) electrons. The van der Waals surface area contributed by atoms with Gasteiger partial charge in [0.1, 0.15) is 5.75 Å². The molecule has 0 spiro atoms. The maximum Gasteiger partial charge on any atom is 0.338 e. The van der Waals surface area contributed by atoms with Crippen LogP contribution >= 0.6 is 0 Å². The zero-order valence-electron chi connectivity index (χ0n) is 12.2. The topological polar surface area (TPSA) is 35.5 Å². The van der Waals surface area contributed by atoms with Crippen molar-refractivity contribution in [3.63, 3.8) is 0 Å². The summed E-state index contributed by atoms with van der Waals surface area (Å²) in [6.07, 6.45) is 2.84. The van der Waals surface area contributed by atoms with Gasteiger partial charge in [0.2, 0.25) is 0 Å². The number of rotatable bonds is 7. The molecule has 3 nitrogen and oxygen atoms in total. The first-order valence-electron chi connectivity index (χ1n) is 7.14. The Hall–Kier alpha value is -2.29. The summed E-state index contributed by atoms with van der Waals surface area (Å²) in [5, 5.41) is 0. The van der Waals surface area contributed by atoms with E-state index in [4.69, 9.17) is 9.47 Å². The molecule has 0 unspecified atom stereocenters. The normalized spacial score (nSPS) is 10.1. The molecule has 0 aliphatic carbocycles. The van der Waals surface area contributed by atoms with Crippen LogP contribution in [-0.2, 0) is 11.2 Å². The standard InChI is InChI=1S/C18H20O3/c1-20-17-12-10-15(11-13-17)7-5-6-14-21-18(19)16-8-3-2-4-9-16/h2-4,8-13H,5-7,14H2,1H3. The lowest BCUT2D eigenvalue weighted by molar-refractivity contribution is 0.0498. The number of methoxy groups -OCH3 is 1. The van der Waals surface area contributed by atoms with Crippen molar-refractivity contribution in [3.05, 3.63) is 65.7 Å². The molecule has 0 fully saturated rings. The van der Waals surface area contributed by atoms with Gasteiger partial charge >= 0.3 is 5.97 Å². The van der Waals surface area contributed by atoms with Crippen molar-refractivity contribution in [2.24, 2.45) is 0 Å². The van der Waals surface area contributed by atoms with Crippen molar-refractivity contribution >= 4 is 5.97 Å². The summed E-state index contributed by atoms with van der Waals surface area (Å²) in [5.41, 5.74) is 1.87. The number of hydrogen-bond donors (Lipinski definition) is 0. The molecule has 0 aliphatic rings. The van der Waals surface area contributed by atoms with Crippen LogP contribution in [0, 0.1) is 0 Å². The third kappa shape index (κ3) is 4.95. The fourth-order valence-corrected chi connectivity index (χ4v) is 2.05. The quantitative estimate of drug-likeness (QED) is 0.572. The summed E-state index contributed by atoms with van der Waals surface area (Å²) in [4.78, 5) is 11.7. The molecule has 2 aromatic carbocycles. The van der Waals surface area contributed by atoms with Gasteiger partial charge in [-0.15, -0.1) is 0 Å². The highest BCUT2D eigenvalue weighted by Crippen LogP contribution is 2.13. The average Bonchev–Trinajstić information content (AvgIpc) is 2.55. The van der Waals surface area contributed by atoms with E-state index in [-0.39, 0.29) is 5.97 Å². The van der Waals surface area contributed by atoms with E-state index in [1.807, 2.05) is 30.3 Å². The molecule has 0 N–H and O–H groups in total. The van der Waals surface area contributed by atoms with Crippen LogP contribution in [0.3, 0.4) is 0 Å². The highest BCUT2D eigenvalue weighted by atomic mass is 16.5. The Bertz CT molecular complexity index is 546. The second-order valence-corrected chi connectivity index (χ2v) is 4.81. The summed E-state index contributed by atoms with van der Waals surface area (Å²) in [6.45, 7) is 0.462. The Balaban J connectivity index is 1.64. The summed E-state index contributed by atoms with van der Waals surface area (Å²) >= 11 is 0. The lowest BCUT2D eigenvalue weighted by atomic mass is 10.1. The largest absolute Gasteiger partial charge is 0.497 e. The van der Waals surface area contributed by atoms with Gasteiger partial charge in [0.15, 0.2) is 0 Å². The van der Waals surface area contributed by atoms with E-state index in [0.29, 0.717) is 12.2 Å². The summed E-state index contributed by atoms with van der Waals surface area (Å²) < 4.78 is 10.4. The Morgan fingerprint density at radius 1 is 0.952 bits per heavy atom. The van der Waals surface area contributed by atoms with Gasteiger partial charge in [-0.25, -0.2) is 4.79 Å². The number of carbonyl (C=O) groups excluding carboxylic acids is 1. The van der Waals surface area contributed by atoms with Crippen LogP contribution in [0.4, 0.5) is 0 Å². The first kappa shape index (κ1) is 15.1. The molecular formula is C18H20O3. The van der Waals surface area contributed by atoms with E-state index in [2.05, 4.69) is 12.1 Å². The second kappa shape index (κ2) is 8.10. The Labute approximate surface area is 125 Å². The first-order chi connectivity index (χ1) is 10.3. The van der Waals surface area contributed by atoms with Gasteiger partial charge in [-0.3, -0.25) is 0 Å². The minimum Gasteiger partial charge on any atom is -0.497 e. The molecule has 3 heteroatoms. The van der Waals surface area contributed by atoms with Gasteiger partial charge in [-0.1, -0.05) is 30.3 Å². The van der Waals surface area contributed by atoms with Crippen LogP contribution in [0.1, 0.15) is 28.8 Å². The number of ether oxygens (including phenoxy) is 2. The van der Waals surface area contributed by atoms with Crippen molar-refractivity contribution in [2.75, 3.05) is 13.7 Å². The third-order valence-electron chi connectivity index (χ3n) is 3.26. The molecule has 110 valence electrons. The minimum absolute atomic E-state index is 0.250. The molecule has 0 aromatic heterocycles. The van der Waals surface area contributed by atoms with Gasteiger partial charge in [0.25, 0.3) is 0 Å². The molecule has 0 aliphatic heterocycles. The Morgan fingerprint density at radius 3 is 2.33 bits per heavy atom. The number of benzene rings is 2. The van der Waals surface area contributed by atoms with Crippen LogP contribution < -0.4 is 4.74 Å². The molecule has 2 aromatic rings. The molecule has 0 heterocycles. The average molecular weight is 284 g/mol. The zero-order valence-corrected chi connectivity index (χ0v) is 12.2. The number of aryl methyl sites for hydroxylation is 1. The summed E-state index contributed by atoms with van der Waals surface area (Å²) in [6, 6.07) is 17.1.